The molecular formula is C5H4N4O6. The Bertz CT molecular complexity index is 437. The smallest absolute Gasteiger partial charge is 0.462 e. The van der Waals surface area contributed by atoms with Crippen molar-refractivity contribution < 1.29 is 19.7 Å². The van der Waals surface area contributed by atoms with E-state index in [9.17, 15) is 25.0 Å². The van der Waals surface area contributed by atoms with Crippen LogP contribution in [0.25, 0.3) is 0 Å². The van der Waals surface area contributed by atoms with E-state index in [4.69, 9.17) is 5.11 Å². The average molecular weight is 216 g/mol. The second-order valence-corrected chi connectivity index (χ2v) is 2.43. The number of hydrogen-bond donors (Lipinski definition) is 1. The number of nitro groups is 2. The number of aliphatic carboxylic acids is 1. The summed E-state index contributed by atoms with van der Waals surface area (Å²) in [7, 11) is 0. The summed E-state index contributed by atoms with van der Waals surface area (Å²) in [6, 6.07) is 0. The van der Waals surface area contributed by atoms with Crippen LogP contribution < -0.4 is 0 Å². The molecule has 0 unspecified atom stereocenters. The maximum Gasteiger partial charge on any atom is 0.462 e. The molecule has 10 nitrogen and oxygen atoms in total. The van der Waals surface area contributed by atoms with Gasteiger partial charge >= 0.3 is 17.6 Å². The fourth-order valence-corrected chi connectivity index (χ4v) is 0.942. The summed E-state index contributed by atoms with van der Waals surface area (Å²) in [4.78, 5) is 32.1. The quantitative estimate of drug-likeness (QED) is 0.541. The fourth-order valence-electron chi connectivity index (χ4n) is 0.942. The molecule has 0 fully saturated rings. The van der Waals surface area contributed by atoms with Crippen molar-refractivity contribution in [2.45, 2.75) is 6.54 Å². The van der Waals surface area contributed by atoms with E-state index >= 15 is 0 Å². The molecule has 1 aromatic heterocycles. The highest BCUT2D eigenvalue weighted by atomic mass is 16.6. The minimum Gasteiger partial charge on any atom is -0.478 e. The van der Waals surface area contributed by atoms with Crippen molar-refractivity contribution in [1.29, 1.82) is 0 Å². The van der Waals surface area contributed by atoms with Crippen LogP contribution in [0.5, 0.6) is 0 Å². The van der Waals surface area contributed by atoms with E-state index in [1.807, 2.05) is 0 Å². The van der Waals surface area contributed by atoms with Gasteiger partial charge in [0.2, 0.25) is 0 Å². The van der Waals surface area contributed by atoms with Crippen molar-refractivity contribution in [3.05, 3.63) is 26.6 Å². The monoisotopic (exact) mass is 216 g/mol. The Morgan fingerprint density at radius 3 is 2.47 bits per heavy atom. The number of carboxylic acid groups (broad SMARTS) is 1. The third kappa shape index (κ3) is 2.04. The summed E-state index contributed by atoms with van der Waals surface area (Å²) in [5.41, 5.74) is 0. The van der Waals surface area contributed by atoms with Gasteiger partial charge < -0.3 is 25.3 Å². The molecule has 0 saturated carbocycles. The van der Waals surface area contributed by atoms with Gasteiger partial charge in [-0.05, 0) is 9.85 Å². The molecule has 1 heterocycles. The van der Waals surface area contributed by atoms with Crippen LogP contribution in [0, 0.1) is 20.2 Å². The lowest BCUT2D eigenvalue weighted by Gasteiger charge is -1.95. The minimum atomic E-state index is -1.36. The summed E-state index contributed by atoms with van der Waals surface area (Å²) in [5, 5.41) is 29.1. The lowest BCUT2D eigenvalue weighted by atomic mass is 10.6. The third-order valence-corrected chi connectivity index (χ3v) is 1.44. The Kier molecular flexibility index (Phi) is 2.60. The molecule has 0 saturated heterocycles. The molecule has 0 spiro atoms. The molecule has 0 aromatic carbocycles. The fraction of sp³-hybridized carbons (Fsp3) is 0.200. The van der Waals surface area contributed by atoms with E-state index in [1.54, 1.807) is 0 Å². The van der Waals surface area contributed by atoms with Crippen LogP contribution in [-0.2, 0) is 11.3 Å². The molecule has 15 heavy (non-hydrogen) atoms. The van der Waals surface area contributed by atoms with Crippen LogP contribution in [0.4, 0.5) is 11.6 Å². The Labute approximate surface area is 81.1 Å². The molecular weight excluding hydrogens is 212 g/mol. The first-order valence-corrected chi connectivity index (χ1v) is 3.49. The molecule has 0 aliphatic rings. The van der Waals surface area contributed by atoms with E-state index in [-0.39, 0.29) is 0 Å². The molecule has 0 amide bonds. The van der Waals surface area contributed by atoms with Gasteiger partial charge in [0.05, 0.1) is 0 Å². The largest absolute Gasteiger partial charge is 0.478 e. The first-order chi connectivity index (χ1) is 6.93. The summed E-state index contributed by atoms with van der Waals surface area (Å²) in [6.07, 6.45) is 0.740. The standard InChI is InChI=1S/C5H4N4O6/c10-3(11)1-7-2-6-4(8(12)13)5(7)9(14)15/h2H,1H2,(H,10,11). The number of aromatic nitrogens is 2. The molecule has 0 atom stereocenters. The Morgan fingerprint density at radius 1 is 1.47 bits per heavy atom. The number of nitrogens with zero attached hydrogens (tertiary/aromatic N) is 4. The lowest BCUT2D eigenvalue weighted by Crippen LogP contribution is -2.10. The number of carbonyl (C=O) groups is 1. The van der Waals surface area contributed by atoms with Crippen LogP contribution in [0.15, 0.2) is 6.33 Å². The molecule has 10 heteroatoms. The Balaban J connectivity index is 3.24. The van der Waals surface area contributed by atoms with Crippen molar-refractivity contribution in [1.82, 2.24) is 9.55 Å². The zero-order valence-electron chi connectivity index (χ0n) is 7.06. The van der Waals surface area contributed by atoms with Gasteiger partial charge in [0.25, 0.3) is 6.33 Å². The zero-order chi connectivity index (χ0) is 11.6. The van der Waals surface area contributed by atoms with Gasteiger partial charge in [0.15, 0.2) is 6.54 Å². The molecule has 0 bridgehead atoms. The minimum absolute atomic E-state index is 0.584. The van der Waals surface area contributed by atoms with Gasteiger partial charge in [-0.3, -0.25) is 0 Å². The molecule has 1 N–H and O–H groups in total. The summed E-state index contributed by atoms with van der Waals surface area (Å²) >= 11 is 0. The van der Waals surface area contributed by atoms with Crippen LogP contribution in [0.1, 0.15) is 0 Å². The van der Waals surface area contributed by atoms with Gasteiger partial charge in [-0.2, -0.15) is 4.57 Å². The first kappa shape index (κ1) is 10.6. The van der Waals surface area contributed by atoms with Crippen LogP contribution in [-0.4, -0.2) is 30.5 Å². The van der Waals surface area contributed by atoms with Gasteiger partial charge in [0.1, 0.15) is 0 Å². The second-order valence-electron chi connectivity index (χ2n) is 2.43. The summed E-state index contributed by atoms with van der Waals surface area (Å²) in [6.45, 7) is -0.753. The number of carboxylic acids is 1. The Hall–Kier alpha value is -2.52. The van der Waals surface area contributed by atoms with Gasteiger partial charge in [-0.15, -0.1) is 0 Å². The van der Waals surface area contributed by atoms with E-state index < -0.39 is 34.0 Å². The Morgan fingerprint density at radius 2 is 2.07 bits per heavy atom. The van der Waals surface area contributed by atoms with Gasteiger partial charge in [-0.1, -0.05) is 0 Å². The number of imidazole rings is 1. The molecule has 0 aliphatic carbocycles. The maximum atomic E-state index is 10.4. The summed E-state index contributed by atoms with van der Waals surface area (Å²) < 4.78 is 0.584. The van der Waals surface area contributed by atoms with E-state index in [0.717, 1.165) is 6.33 Å². The number of rotatable bonds is 4. The predicted molar refractivity (Wildman–Crippen MR) is 43.2 cm³/mol. The highest BCUT2D eigenvalue weighted by Crippen LogP contribution is 2.24. The number of hydrogen-bond acceptors (Lipinski definition) is 6. The highest BCUT2D eigenvalue weighted by molar-refractivity contribution is 5.67. The first-order valence-electron chi connectivity index (χ1n) is 3.49. The highest BCUT2D eigenvalue weighted by Gasteiger charge is 2.32. The predicted octanol–water partition coefficient (Wildman–Crippen LogP) is -0.216. The third-order valence-electron chi connectivity index (χ3n) is 1.44. The van der Waals surface area contributed by atoms with E-state index in [1.165, 1.54) is 0 Å². The van der Waals surface area contributed by atoms with Crippen molar-refractivity contribution in [2.24, 2.45) is 0 Å². The van der Waals surface area contributed by atoms with Crippen molar-refractivity contribution in [3.63, 3.8) is 0 Å². The normalized spacial score (nSPS) is 9.87. The van der Waals surface area contributed by atoms with Gasteiger partial charge in [0, 0.05) is 4.98 Å². The molecule has 1 rings (SSSR count). The van der Waals surface area contributed by atoms with Crippen LogP contribution in [0.3, 0.4) is 0 Å². The van der Waals surface area contributed by atoms with Crippen molar-refractivity contribution in [3.8, 4) is 0 Å². The molecule has 0 aliphatic heterocycles. The SMILES string of the molecule is O=C(O)Cn1cnc([N+](=O)[O-])c1[N+](=O)[O-]. The molecule has 80 valence electrons. The molecule has 0 radical (unpaired) electrons. The van der Waals surface area contributed by atoms with E-state index in [2.05, 4.69) is 4.98 Å². The van der Waals surface area contributed by atoms with E-state index in [0.29, 0.717) is 4.57 Å². The second kappa shape index (κ2) is 3.69. The van der Waals surface area contributed by atoms with Crippen LogP contribution >= 0.6 is 0 Å². The summed E-state index contributed by atoms with van der Waals surface area (Å²) in [5.74, 6) is -3.27. The maximum absolute atomic E-state index is 10.4. The molecule has 1 aromatic rings. The zero-order valence-corrected chi connectivity index (χ0v) is 7.06. The van der Waals surface area contributed by atoms with Crippen molar-refractivity contribution >= 4 is 17.6 Å². The topological polar surface area (TPSA) is 141 Å². The van der Waals surface area contributed by atoms with Gasteiger partial charge in [-0.25, -0.2) is 4.79 Å². The van der Waals surface area contributed by atoms with Crippen LogP contribution in [0.2, 0.25) is 0 Å². The average Bonchev–Trinajstić information content (AvgIpc) is 2.46. The van der Waals surface area contributed by atoms with Crippen molar-refractivity contribution in [2.75, 3.05) is 0 Å². The lowest BCUT2D eigenvalue weighted by molar-refractivity contribution is -0.428.